The molecule has 0 heterocycles. The fourth-order valence-electron chi connectivity index (χ4n) is 5.16. The molecule has 0 N–H and O–H groups in total. The molecular weight excluding hydrogens is 781 g/mol. The predicted octanol–water partition coefficient (Wildman–Crippen LogP) is 15.4. The maximum absolute atomic E-state index is 12.7. The van der Waals surface area contributed by atoms with Crippen LogP contribution in [-0.4, -0.2) is 37.2 Å². The van der Waals surface area contributed by atoms with E-state index in [0.29, 0.717) is 25.7 Å². The van der Waals surface area contributed by atoms with Crippen molar-refractivity contribution >= 4 is 17.9 Å². The zero-order valence-electron chi connectivity index (χ0n) is 39.0. The van der Waals surface area contributed by atoms with Crippen molar-refractivity contribution in [2.75, 3.05) is 13.2 Å². The minimum Gasteiger partial charge on any atom is -0.462 e. The third kappa shape index (κ3) is 47.4. The van der Waals surface area contributed by atoms with Crippen LogP contribution in [0.3, 0.4) is 0 Å². The van der Waals surface area contributed by atoms with Crippen LogP contribution in [0.25, 0.3) is 0 Å². The van der Waals surface area contributed by atoms with Crippen LogP contribution in [0.4, 0.5) is 0 Å². The molecule has 0 aromatic rings. The molecule has 63 heavy (non-hydrogen) atoms. The average molecular weight is 861 g/mol. The number of rotatable bonds is 38. The first-order valence-electron chi connectivity index (χ1n) is 23.4. The summed E-state index contributed by atoms with van der Waals surface area (Å²) in [5, 5.41) is 0. The van der Waals surface area contributed by atoms with Gasteiger partial charge in [-0.1, -0.05) is 203 Å². The first-order valence-corrected chi connectivity index (χ1v) is 23.4. The topological polar surface area (TPSA) is 78.9 Å². The highest BCUT2D eigenvalue weighted by molar-refractivity contribution is 5.71. The van der Waals surface area contributed by atoms with Crippen LogP contribution in [-0.2, 0) is 28.6 Å². The SMILES string of the molecule is CC/C=C/C=C/C=C/C=C/C=C/CCCC(=O)OCC(COC(=O)CC/C=C/C/C=C/C/C=C/C/C=C/C/C=C/CC)OC(=O)CC/C=C/C/C=C/C/C=C/C/C=C/C/C=C/CC. The lowest BCUT2D eigenvalue weighted by Gasteiger charge is -2.18. The van der Waals surface area contributed by atoms with Gasteiger partial charge in [0.15, 0.2) is 6.10 Å². The summed E-state index contributed by atoms with van der Waals surface area (Å²) in [4.78, 5) is 37.8. The van der Waals surface area contributed by atoms with E-state index in [1.807, 2.05) is 79.0 Å². The first kappa shape index (κ1) is 57.5. The smallest absolute Gasteiger partial charge is 0.306 e. The van der Waals surface area contributed by atoms with E-state index in [-0.39, 0.29) is 32.5 Å². The van der Waals surface area contributed by atoms with E-state index in [1.165, 1.54) is 0 Å². The van der Waals surface area contributed by atoms with E-state index in [4.69, 9.17) is 14.2 Å². The summed E-state index contributed by atoms with van der Waals surface area (Å²) in [6.45, 7) is 6.01. The molecule has 6 nitrogen and oxygen atoms in total. The Kier molecular flexibility index (Phi) is 44.9. The third-order valence-corrected chi connectivity index (χ3v) is 8.54. The number of carbonyl (C=O) groups excluding carboxylic acids is 3. The molecule has 6 heteroatoms. The Hall–Kier alpha value is -5.49. The van der Waals surface area contributed by atoms with Crippen LogP contribution in [0.2, 0.25) is 0 Å². The maximum Gasteiger partial charge on any atom is 0.306 e. The molecule has 0 rings (SSSR count). The number of esters is 3. The first-order chi connectivity index (χ1) is 31.0. The lowest BCUT2D eigenvalue weighted by Crippen LogP contribution is -2.30. The fourth-order valence-corrected chi connectivity index (χ4v) is 5.16. The standard InChI is InChI=1S/C57H80O6/c1-4-7-10-13-16-19-22-25-27-29-32-35-38-41-44-47-50-56(59)62-53-54(52-61-55(58)49-46-43-40-37-34-31-24-21-18-15-12-9-6-3)63-57(60)51-48-45-42-39-36-33-30-28-26-23-20-17-14-11-8-5-2/h7-12,15-21,24-28,31-37,40-42,44-45,54H,4-6,13-14,22-23,29-30,38-39,43,46-53H2,1-3H3/b10-7+,11-8+,12-9+,18-15+,19-16+,20-17+,24-21+,27-25+,28-26+,34-31+,35-32+,36-33+,40-37+,44-41+,45-42+. The van der Waals surface area contributed by atoms with Gasteiger partial charge in [-0.2, -0.15) is 0 Å². The van der Waals surface area contributed by atoms with E-state index in [2.05, 4.69) is 124 Å². The Morgan fingerprint density at radius 1 is 0.333 bits per heavy atom. The summed E-state index contributed by atoms with van der Waals surface area (Å²) in [5.41, 5.74) is 0. The van der Waals surface area contributed by atoms with Gasteiger partial charge in [0, 0.05) is 19.3 Å². The highest BCUT2D eigenvalue weighted by Crippen LogP contribution is 2.07. The molecule has 0 aromatic carbocycles. The summed E-state index contributed by atoms with van der Waals surface area (Å²) in [6.07, 6.45) is 74.8. The molecule has 0 saturated carbocycles. The van der Waals surface area contributed by atoms with Gasteiger partial charge in [-0.15, -0.1) is 0 Å². The second-order valence-electron chi connectivity index (χ2n) is 14.3. The van der Waals surface area contributed by atoms with Crippen molar-refractivity contribution in [2.24, 2.45) is 0 Å². The van der Waals surface area contributed by atoms with Gasteiger partial charge in [0.25, 0.3) is 0 Å². The summed E-state index contributed by atoms with van der Waals surface area (Å²) in [7, 11) is 0. The Labute approximate surface area is 383 Å². The number of unbranched alkanes of at least 4 members (excludes halogenated alkanes) is 1. The maximum atomic E-state index is 12.7. The number of allylic oxidation sites excluding steroid dienone is 30. The van der Waals surface area contributed by atoms with Crippen LogP contribution < -0.4 is 0 Å². The minimum absolute atomic E-state index is 0.163. The molecule has 344 valence electrons. The van der Waals surface area contributed by atoms with Gasteiger partial charge < -0.3 is 14.2 Å². The van der Waals surface area contributed by atoms with E-state index in [1.54, 1.807) is 0 Å². The molecule has 0 aromatic heterocycles. The van der Waals surface area contributed by atoms with Crippen LogP contribution in [0, 0.1) is 0 Å². The minimum atomic E-state index is -0.886. The second kappa shape index (κ2) is 49.2. The fraction of sp³-hybridized carbons (Fsp3) is 0.421. The number of carbonyl (C=O) groups is 3. The van der Waals surface area contributed by atoms with Gasteiger partial charge in [-0.3, -0.25) is 14.4 Å². The molecule has 0 spiro atoms. The number of ether oxygens (including phenoxy) is 3. The molecule has 1 unspecified atom stereocenters. The predicted molar refractivity (Wildman–Crippen MR) is 269 cm³/mol. The summed E-state index contributed by atoms with van der Waals surface area (Å²) in [5.74, 6) is -1.24. The van der Waals surface area contributed by atoms with Crippen molar-refractivity contribution in [3.8, 4) is 0 Å². The van der Waals surface area contributed by atoms with Crippen molar-refractivity contribution in [3.63, 3.8) is 0 Å². The zero-order valence-corrected chi connectivity index (χ0v) is 39.0. The van der Waals surface area contributed by atoms with Crippen LogP contribution in [0.5, 0.6) is 0 Å². The van der Waals surface area contributed by atoms with Gasteiger partial charge in [0.05, 0.1) is 0 Å². The highest BCUT2D eigenvalue weighted by atomic mass is 16.6. The van der Waals surface area contributed by atoms with E-state index >= 15 is 0 Å². The average Bonchev–Trinajstić information content (AvgIpc) is 3.28. The number of hydrogen-bond donors (Lipinski definition) is 0. The van der Waals surface area contributed by atoms with E-state index < -0.39 is 24.0 Å². The lowest BCUT2D eigenvalue weighted by molar-refractivity contribution is -0.166. The normalized spacial score (nSPS) is 13.8. The van der Waals surface area contributed by atoms with Crippen molar-refractivity contribution in [2.45, 2.75) is 142 Å². The van der Waals surface area contributed by atoms with Gasteiger partial charge >= 0.3 is 17.9 Å². The van der Waals surface area contributed by atoms with E-state index in [9.17, 15) is 14.4 Å². The Bertz CT molecular complexity index is 1600. The van der Waals surface area contributed by atoms with Crippen LogP contribution in [0.1, 0.15) is 136 Å². The molecule has 0 fully saturated rings. The summed E-state index contributed by atoms with van der Waals surface area (Å²) in [6, 6.07) is 0. The monoisotopic (exact) mass is 861 g/mol. The summed E-state index contributed by atoms with van der Waals surface area (Å²) < 4.78 is 16.5. The van der Waals surface area contributed by atoms with Crippen LogP contribution >= 0.6 is 0 Å². The van der Waals surface area contributed by atoms with Crippen molar-refractivity contribution in [3.05, 3.63) is 182 Å². The molecule has 0 radical (unpaired) electrons. The number of hydrogen-bond acceptors (Lipinski definition) is 6. The van der Waals surface area contributed by atoms with Gasteiger partial charge in [-0.25, -0.2) is 0 Å². The Morgan fingerprint density at radius 2 is 0.651 bits per heavy atom. The third-order valence-electron chi connectivity index (χ3n) is 8.54. The summed E-state index contributed by atoms with van der Waals surface area (Å²) >= 11 is 0. The van der Waals surface area contributed by atoms with Gasteiger partial charge in [-0.05, 0) is 96.3 Å². The molecule has 0 aliphatic rings. The van der Waals surface area contributed by atoms with Gasteiger partial charge in [0.2, 0.25) is 0 Å². The molecular formula is C57H80O6. The van der Waals surface area contributed by atoms with Crippen molar-refractivity contribution in [1.82, 2.24) is 0 Å². The molecule has 0 aliphatic heterocycles. The lowest BCUT2D eigenvalue weighted by atomic mass is 10.2. The quantitative estimate of drug-likeness (QED) is 0.0202. The van der Waals surface area contributed by atoms with Gasteiger partial charge in [0.1, 0.15) is 13.2 Å². The van der Waals surface area contributed by atoms with Crippen LogP contribution in [0.15, 0.2) is 182 Å². The largest absolute Gasteiger partial charge is 0.462 e. The van der Waals surface area contributed by atoms with Crippen molar-refractivity contribution < 1.29 is 28.6 Å². The molecule has 0 bridgehead atoms. The highest BCUT2D eigenvalue weighted by Gasteiger charge is 2.19. The zero-order chi connectivity index (χ0) is 45.8. The Balaban J connectivity index is 4.77. The Morgan fingerprint density at radius 3 is 1.05 bits per heavy atom. The molecule has 1 atom stereocenters. The molecule has 0 aliphatic carbocycles. The van der Waals surface area contributed by atoms with E-state index in [0.717, 1.165) is 70.6 Å². The molecule has 0 saturated heterocycles. The van der Waals surface area contributed by atoms with Crippen molar-refractivity contribution in [1.29, 1.82) is 0 Å². The second-order valence-corrected chi connectivity index (χ2v) is 14.3. The molecule has 0 amide bonds.